The Morgan fingerprint density at radius 1 is 0.946 bits per heavy atom. The molecule has 4 aromatic rings. The number of pyridine rings is 1. The number of aryl methyl sites for hydroxylation is 3. The second-order valence-electron chi connectivity index (χ2n) is 9.73. The van der Waals surface area contributed by atoms with Crippen molar-refractivity contribution in [3.63, 3.8) is 0 Å². The predicted octanol–water partition coefficient (Wildman–Crippen LogP) is 6.24. The maximum Gasteiger partial charge on any atom is 0.221 e. The molecular weight excluding hydrogens is 478 g/mol. The molecule has 0 aliphatic carbocycles. The van der Waals surface area contributed by atoms with Crippen molar-refractivity contribution in [1.82, 2.24) is 14.9 Å². The molecule has 1 fully saturated rings. The third-order valence-corrected chi connectivity index (χ3v) is 7.13. The Morgan fingerprint density at radius 2 is 1.65 bits per heavy atom. The monoisotopic (exact) mass is 509 g/mol. The number of carbonyl (C=O) groups excluding carboxylic acids is 1. The Hall–Kier alpha value is -3.97. The van der Waals surface area contributed by atoms with E-state index in [2.05, 4.69) is 77.0 Å². The molecule has 5 rings (SSSR count). The highest BCUT2D eigenvalue weighted by Gasteiger charge is 2.42. The summed E-state index contributed by atoms with van der Waals surface area (Å²) in [6, 6.07) is 22.5. The van der Waals surface area contributed by atoms with Crippen molar-refractivity contribution in [2.45, 2.75) is 46.7 Å². The normalized spacial score (nSPS) is 17.1. The number of nitrogens with zero attached hydrogens (tertiary/aromatic N) is 3. The van der Waals surface area contributed by atoms with Gasteiger partial charge in [-0.3, -0.25) is 9.78 Å². The highest BCUT2D eigenvalue weighted by molar-refractivity contribution is 7.80. The summed E-state index contributed by atoms with van der Waals surface area (Å²) < 4.78 is 2.32. The molecule has 2 N–H and O–H groups in total. The van der Waals surface area contributed by atoms with E-state index >= 15 is 0 Å². The third-order valence-electron chi connectivity index (χ3n) is 6.82. The van der Waals surface area contributed by atoms with Crippen LogP contribution in [0.3, 0.4) is 0 Å². The minimum atomic E-state index is -0.128. The first kappa shape index (κ1) is 24.7. The molecule has 6 nitrogen and oxygen atoms in total. The lowest BCUT2D eigenvalue weighted by Gasteiger charge is -2.28. The van der Waals surface area contributed by atoms with Gasteiger partial charge in [0.2, 0.25) is 5.91 Å². The third kappa shape index (κ3) is 4.74. The summed E-state index contributed by atoms with van der Waals surface area (Å²) in [6.07, 6.45) is 1.82. The molecule has 2 aromatic heterocycles. The number of anilines is 2. The van der Waals surface area contributed by atoms with E-state index in [4.69, 9.17) is 12.2 Å². The molecule has 0 radical (unpaired) electrons. The second kappa shape index (κ2) is 9.82. The molecule has 1 aliphatic heterocycles. The topological polar surface area (TPSA) is 62.2 Å². The van der Waals surface area contributed by atoms with Crippen LogP contribution in [-0.2, 0) is 4.79 Å². The molecule has 0 unspecified atom stereocenters. The van der Waals surface area contributed by atoms with Gasteiger partial charge in [-0.05, 0) is 111 Å². The number of amides is 1. The van der Waals surface area contributed by atoms with E-state index in [1.807, 2.05) is 48.7 Å². The number of rotatable bonds is 5. The van der Waals surface area contributed by atoms with E-state index in [1.165, 1.54) is 29.3 Å². The van der Waals surface area contributed by atoms with Gasteiger partial charge in [0.25, 0.3) is 0 Å². The van der Waals surface area contributed by atoms with E-state index in [9.17, 15) is 4.79 Å². The number of thiocarbonyl (C=S) groups is 1. The summed E-state index contributed by atoms with van der Waals surface area (Å²) in [6.45, 7) is 10.1. The average Bonchev–Trinajstić information content (AvgIpc) is 3.34. The second-order valence-corrected chi connectivity index (χ2v) is 10.1. The van der Waals surface area contributed by atoms with Crippen LogP contribution in [0.15, 0.2) is 72.9 Å². The first-order valence-corrected chi connectivity index (χ1v) is 12.8. The zero-order valence-electron chi connectivity index (χ0n) is 21.7. The lowest BCUT2D eigenvalue weighted by molar-refractivity contribution is -0.114. The molecule has 0 bridgehead atoms. The fourth-order valence-electron chi connectivity index (χ4n) is 5.42. The van der Waals surface area contributed by atoms with Gasteiger partial charge in [-0.2, -0.15) is 0 Å². The lowest BCUT2D eigenvalue weighted by atomic mass is 9.96. The van der Waals surface area contributed by atoms with Gasteiger partial charge in [0.1, 0.15) is 0 Å². The van der Waals surface area contributed by atoms with Crippen molar-refractivity contribution >= 4 is 34.6 Å². The molecule has 1 saturated heterocycles. The summed E-state index contributed by atoms with van der Waals surface area (Å²) >= 11 is 5.90. The van der Waals surface area contributed by atoms with Crippen LogP contribution in [0.2, 0.25) is 0 Å². The Balaban J connectivity index is 1.64. The Morgan fingerprint density at radius 3 is 2.27 bits per heavy atom. The van der Waals surface area contributed by atoms with Crippen LogP contribution in [-0.4, -0.2) is 20.6 Å². The van der Waals surface area contributed by atoms with Crippen LogP contribution in [0.1, 0.15) is 52.8 Å². The van der Waals surface area contributed by atoms with Crippen molar-refractivity contribution < 1.29 is 4.79 Å². The zero-order chi connectivity index (χ0) is 26.3. The highest BCUT2D eigenvalue weighted by Crippen LogP contribution is 2.44. The SMILES string of the molecule is CC(=O)Nc1ccc(N2C(=S)N[C@H](c3ccccn3)[C@@H]2c2cc(C)n(-c3cc(C)cc(C)c3)c2C)cc1. The Kier molecular flexibility index (Phi) is 6.56. The number of aromatic nitrogens is 2. The van der Waals surface area contributed by atoms with Crippen LogP contribution in [0.4, 0.5) is 11.4 Å². The lowest BCUT2D eigenvalue weighted by Crippen LogP contribution is -2.29. The number of hydrogen-bond donors (Lipinski definition) is 2. The fourth-order valence-corrected chi connectivity index (χ4v) is 5.77. The summed E-state index contributed by atoms with van der Waals surface area (Å²) in [4.78, 5) is 18.4. The zero-order valence-corrected chi connectivity index (χ0v) is 22.6. The average molecular weight is 510 g/mol. The first-order valence-electron chi connectivity index (χ1n) is 12.4. The van der Waals surface area contributed by atoms with Gasteiger partial charge in [-0.25, -0.2) is 0 Å². The molecule has 7 heteroatoms. The molecule has 3 heterocycles. The Bertz CT molecular complexity index is 1460. The van der Waals surface area contributed by atoms with Crippen LogP contribution in [0.25, 0.3) is 5.69 Å². The number of carbonyl (C=O) groups is 1. The molecule has 37 heavy (non-hydrogen) atoms. The smallest absolute Gasteiger partial charge is 0.221 e. The highest BCUT2D eigenvalue weighted by atomic mass is 32.1. The standard InChI is InChI=1S/C30H31N5OS/c1-18-14-19(2)16-25(15-18)34-20(3)17-26(21(34)4)29-28(27-8-6-7-13-31-27)33-30(37)35(29)24-11-9-23(10-12-24)32-22(5)36/h6-17,28-29H,1-5H3,(H,32,36)(H,33,37)/t28-,29+/m1/s1. The van der Waals surface area contributed by atoms with Gasteiger partial charge in [0.05, 0.1) is 17.8 Å². The first-order chi connectivity index (χ1) is 17.7. The number of nitrogens with one attached hydrogen (secondary N) is 2. The van der Waals surface area contributed by atoms with Crippen LogP contribution in [0.5, 0.6) is 0 Å². The van der Waals surface area contributed by atoms with Crippen LogP contribution >= 0.6 is 12.2 Å². The van der Waals surface area contributed by atoms with Crippen molar-refractivity contribution in [3.05, 3.63) is 107 Å². The van der Waals surface area contributed by atoms with E-state index in [0.717, 1.165) is 28.5 Å². The molecule has 1 amide bonds. The minimum Gasteiger partial charge on any atom is -0.351 e. The van der Waals surface area contributed by atoms with Gasteiger partial charge >= 0.3 is 0 Å². The van der Waals surface area contributed by atoms with Crippen LogP contribution in [0, 0.1) is 27.7 Å². The van der Waals surface area contributed by atoms with Gasteiger partial charge in [0, 0.05) is 41.6 Å². The van der Waals surface area contributed by atoms with Gasteiger partial charge in [0.15, 0.2) is 5.11 Å². The van der Waals surface area contributed by atoms with E-state index in [-0.39, 0.29) is 18.0 Å². The maximum absolute atomic E-state index is 11.5. The maximum atomic E-state index is 11.5. The van der Waals surface area contributed by atoms with E-state index < -0.39 is 0 Å². The van der Waals surface area contributed by atoms with Gasteiger partial charge in [-0.15, -0.1) is 0 Å². The predicted molar refractivity (Wildman–Crippen MR) is 153 cm³/mol. The summed E-state index contributed by atoms with van der Waals surface area (Å²) in [5.74, 6) is -0.0990. The molecule has 0 spiro atoms. The van der Waals surface area contributed by atoms with Crippen molar-refractivity contribution in [3.8, 4) is 5.69 Å². The van der Waals surface area contributed by atoms with Crippen molar-refractivity contribution in [1.29, 1.82) is 0 Å². The van der Waals surface area contributed by atoms with Gasteiger partial charge in [-0.1, -0.05) is 12.1 Å². The van der Waals surface area contributed by atoms with Crippen LogP contribution < -0.4 is 15.5 Å². The fraction of sp³-hybridized carbons (Fsp3) is 0.233. The summed E-state index contributed by atoms with van der Waals surface area (Å²) in [5, 5.41) is 7.03. The molecule has 2 aromatic carbocycles. The largest absolute Gasteiger partial charge is 0.351 e. The summed E-state index contributed by atoms with van der Waals surface area (Å²) in [7, 11) is 0. The van der Waals surface area contributed by atoms with Crippen molar-refractivity contribution in [2.24, 2.45) is 0 Å². The Labute approximate surface area is 223 Å². The number of hydrogen-bond acceptors (Lipinski definition) is 3. The molecule has 0 saturated carbocycles. The number of benzene rings is 2. The minimum absolute atomic E-state index is 0.0990. The van der Waals surface area contributed by atoms with Gasteiger partial charge < -0.3 is 20.1 Å². The molecular formula is C30H31N5OS. The molecule has 2 atom stereocenters. The van der Waals surface area contributed by atoms with E-state index in [1.54, 1.807) is 0 Å². The quantitative estimate of drug-likeness (QED) is 0.312. The molecule has 1 aliphatic rings. The molecule has 188 valence electrons. The van der Waals surface area contributed by atoms with Crippen molar-refractivity contribution in [2.75, 3.05) is 10.2 Å². The summed E-state index contributed by atoms with van der Waals surface area (Å²) in [5.41, 5.74) is 9.78. The van der Waals surface area contributed by atoms with E-state index in [0.29, 0.717) is 5.11 Å².